The first-order valence-corrected chi connectivity index (χ1v) is 5.71. The maximum absolute atomic E-state index is 11.6. The Labute approximate surface area is 91.6 Å². The Hall–Kier alpha value is -0.770. The van der Waals surface area contributed by atoms with E-state index in [-0.39, 0.29) is 12.1 Å². The lowest BCUT2D eigenvalue weighted by molar-refractivity contribution is -0.107. The van der Waals surface area contributed by atoms with Gasteiger partial charge in [-0.05, 0) is 33.6 Å². The molecule has 0 aromatic heterocycles. The molecule has 0 aromatic carbocycles. The van der Waals surface area contributed by atoms with Crippen molar-refractivity contribution >= 4 is 6.03 Å². The van der Waals surface area contributed by atoms with E-state index in [0.29, 0.717) is 0 Å². The van der Waals surface area contributed by atoms with Gasteiger partial charge in [-0.2, -0.15) is 0 Å². The van der Waals surface area contributed by atoms with E-state index in [0.717, 1.165) is 17.9 Å². The maximum Gasteiger partial charge on any atom is 0.341 e. The van der Waals surface area contributed by atoms with E-state index >= 15 is 0 Å². The second kappa shape index (κ2) is 4.84. The van der Waals surface area contributed by atoms with Crippen molar-refractivity contribution in [3.05, 3.63) is 0 Å². The minimum absolute atomic E-state index is 0.239. The molecule has 4 heteroatoms. The summed E-state index contributed by atoms with van der Waals surface area (Å²) in [6.07, 6.45) is 5.67. The highest BCUT2D eigenvalue weighted by molar-refractivity contribution is 5.73. The van der Waals surface area contributed by atoms with E-state index in [2.05, 4.69) is 5.32 Å². The second-order valence-electron chi connectivity index (χ2n) is 5.27. The Bertz CT molecular complexity index is 217. The number of hydrogen-bond acceptors (Lipinski definition) is 2. The monoisotopic (exact) mass is 214 g/mol. The molecular formula is C11H22N2O2. The van der Waals surface area contributed by atoms with Crippen LogP contribution in [0.5, 0.6) is 0 Å². The van der Waals surface area contributed by atoms with Crippen LogP contribution in [0.25, 0.3) is 0 Å². The second-order valence-corrected chi connectivity index (χ2v) is 5.27. The fourth-order valence-corrected chi connectivity index (χ4v) is 1.79. The van der Waals surface area contributed by atoms with E-state index in [1.165, 1.54) is 19.3 Å². The first-order chi connectivity index (χ1) is 6.91. The van der Waals surface area contributed by atoms with Gasteiger partial charge in [0.2, 0.25) is 0 Å². The molecule has 2 N–H and O–H groups in total. The highest BCUT2D eigenvalue weighted by Gasteiger charge is 2.26. The van der Waals surface area contributed by atoms with Crippen LogP contribution in [0.15, 0.2) is 0 Å². The largest absolute Gasteiger partial charge is 0.341 e. The number of carbonyl (C=O) groups excluding carboxylic acids is 1. The average molecular weight is 214 g/mol. The van der Waals surface area contributed by atoms with Gasteiger partial charge >= 0.3 is 6.03 Å². The zero-order valence-electron chi connectivity index (χ0n) is 9.92. The summed E-state index contributed by atoms with van der Waals surface area (Å²) < 4.78 is 0. The summed E-state index contributed by atoms with van der Waals surface area (Å²) in [4.78, 5) is 11.6. The van der Waals surface area contributed by atoms with Crippen molar-refractivity contribution in [3.8, 4) is 0 Å². The smallest absolute Gasteiger partial charge is 0.333 e. The van der Waals surface area contributed by atoms with E-state index in [1.807, 2.05) is 0 Å². The number of carbonyl (C=O) groups is 1. The third-order valence-electron chi connectivity index (χ3n) is 2.76. The number of hydrogen-bond donors (Lipinski definition) is 2. The van der Waals surface area contributed by atoms with Crippen molar-refractivity contribution in [1.82, 2.24) is 10.4 Å². The number of amides is 2. The number of rotatable bonds is 1. The Morgan fingerprint density at radius 2 is 1.80 bits per heavy atom. The van der Waals surface area contributed by atoms with Gasteiger partial charge in [0.25, 0.3) is 0 Å². The normalized spacial score (nSPS) is 18.7. The van der Waals surface area contributed by atoms with Crippen molar-refractivity contribution < 1.29 is 10.0 Å². The molecule has 1 rings (SSSR count). The van der Waals surface area contributed by atoms with E-state index in [1.54, 1.807) is 20.8 Å². The summed E-state index contributed by atoms with van der Waals surface area (Å²) in [5, 5.41) is 13.2. The van der Waals surface area contributed by atoms with Crippen LogP contribution in [0.2, 0.25) is 0 Å². The summed E-state index contributed by atoms with van der Waals surface area (Å²) in [5.41, 5.74) is -0.543. The zero-order chi connectivity index (χ0) is 11.5. The third kappa shape index (κ3) is 3.70. The molecule has 0 aromatic rings. The highest BCUT2D eigenvalue weighted by atomic mass is 16.5. The van der Waals surface area contributed by atoms with Crippen LogP contribution in [-0.2, 0) is 0 Å². The molecule has 15 heavy (non-hydrogen) atoms. The lowest BCUT2D eigenvalue weighted by Crippen LogP contribution is -2.51. The number of nitrogens with one attached hydrogen (secondary N) is 1. The fraction of sp³-hybridized carbons (Fsp3) is 0.909. The van der Waals surface area contributed by atoms with Gasteiger partial charge in [0.15, 0.2) is 0 Å². The van der Waals surface area contributed by atoms with Gasteiger partial charge in [0, 0.05) is 6.04 Å². The molecule has 1 aliphatic carbocycles. The molecule has 88 valence electrons. The van der Waals surface area contributed by atoms with Gasteiger partial charge in [-0.1, -0.05) is 19.3 Å². The predicted molar refractivity (Wildman–Crippen MR) is 58.8 cm³/mol. The number of urea groups is 1. The molecule has 0 saturated heterocycles. The number of nitrogens with zero attached hydrogens (tertiary/aromatic N) is 1. The maximum atomic E-state index is 11.6. The van der Waals surface area contributed by atoms with Crippen LogP contribution >= 0.6 is 0 Å². The molecule has 1 aliphatic rings. The minimum atomic E-state index is -0.543. The van der Waals surface area contributed by atoms with Crippen LogP contribution in [0.3, 0.4) is 0 Å². The van der Waals surface area contributed by atoms with Crippen LogP contribution in [0.1, 0.15) is 52.9 Å². The molecule has 0 bridgehead atoms. The van der Waals surface area contributed by atoms with Crippen LogP contribution in [0, 0.1) is 0 Å². The third-order valence-corrected chi connectivity index (χ3v) is 2.76. The Morgan fingerprint density at radius 3 is 2.27 bits per heavy atom. The van der Waals surface area contributed by atoms with Crippen LogP contribution in [-0.4, -0.2) is 27.9 Å². The molecule has 2 amide bonds. The minimum Gasteiger partial charge on any atom is -0.333 e. The van der Waals surface area contributed by atoms with E-state index in [9.17, 15) is 10.0 Å². The first-order valence-electron chi connectivity index (χ1n) is 5.71. The molecule has 1 saturated carbocycles. The molecule has 0 atom stereocenters. The van der Waals surface area contributed by atoms with Gasteiger partial charge in [-0.3, -0.25) is 5.21 Å². The van der Waals surface area contributed by atoms with Crippen LogP contribution in [0.4, 0.5) is 4.79 Å². The lowest BCUT2D eigenvalue weighted by Gasteiger charge is -2.32. The van der Waals surface area contributed by atoms with Gasteiger partial charge in [0.1, 0.15) is 0 Å². The summed E-state index contributed by atoms with van der Waals surface area (Å²) in [5.74, 6) is 0. The van der Waals surface area contributed by atoms with Crippen molar-refractivity contribution in [2.45, 2.75) is 64.5 Å². The summed E-state index contributed by atoms with van der Waals surface area (Å²) in [7, 11) is 0. The lowest BCUT2D eigenvalue weighted by atomic mass is 9.96. The SMILES string of the molecule is CC(C)(C)N(O)C(=O)NC1CCCCC1. The van der Waals surface area contributed by atoms with Gasteiger partial charge in [0.05, 0.1) is 5.54 Å². The Kier molecular flexibility index (Phi) is 3.97. The number of hydroxylamine groups is 2. The topological polar surface area (TPSA) is 52.6 Å². The van der Waals surface area contributed by atoms with Gasteiger partial charge in [-0.15, -0.1) is 0 Å². The molecule has 4 nitrogen and oxygen atoms in total. The average Bonchev–Trinajstić information content (AvgIpc) is 2.16. The van der Waals surface area contributed by atoms with Crippen molar-refractivity contribution in [2.24, 2.45) is 0 Å². The fourth-order valence-electron chi connectivity index (χ4n) is 1.79. The molecule has 0 heterocycles. The summed E-state index contributed by atoms with van der Waals surface area (Å²) in [6, 6.07) is -0.141. The van der Waals surface area contributed by atoms with Gasteiger partial charge < -0.3 is 5.32 Å². The Morgan fingerprint density at radius 1 is 1.27 bits per heavy atom. The quantitative estimate of drug-likeness (QED) is 0.520. The molecule has 1 fully saturated rings. The van der Waals surface area contributed by atoms with E-state index in [4.69, 9.17) is 0 Å². The van der Waals surface area contributed by atoms with E-state index < -0.39 is 5.54 Å². The first kappa shape index (κ1) is 12.3. The molecule has 0 spiro atoms. The van der Waals surface area contributed by atoms with Crippen LogP contribution < -0.4 is 5.32 Å². The van der Waals surface area contributed by atoms with Crippen molar-refractivity contribution in [2.75, 3.05) is 0 Å². The molecule has 0 unspecified atom stereocenters. The Balaban J connectivity index is 2.40. The molecule has 0 radical (unpaired) electrons. The zero-order valence-corrected chi connectivity index (χ0v) is 9.92. The molecule has 0 aliphatic heterocycles. The summed E-state index contributed by atoms with van der Waals surface area (Å²) in [6.45, 7) is 5.40. The standard InChI is InChI=1S/C11H22N2O2/c1-11(2,3)13(15)10(14)12-9-7-5-4-6-8-9/h9,15H,4-8H2,1-3H3,(H,12,14). The van der Waals surface area contributed by atoms with Crippen molar-refractivity contribution in [1.29, 1.82) is 0 Å². The highest BCUT2D eigenvalue weighted by Crippen LogP contribution is 2.18. The predicted octanol–water partition coefficient (Wildman–Crippen LogP) is 2.52. The summed E-state index contributed by atoms with van der Waals surface area (Å²) >= 11 is 0. The van der Waals surface area contributed by atoms with Gasteiger partial charge in [-0.25, -0.2) is 9.86 Å². The van der Waals surface area contributed by atoms with Crippen molar-refractivity contribution in [3.63, 3.8) is 0 Å². The molecular weight excluding hydrogens is 192 g/mol.